The van der Waals surface area contributed by atoms with Crippen LogP contribution in [0.5, 0.6) is 0 Å². The van der Waals surface area contributed by atoms with E-state index in [1.165, 1.54) is 34.0 Å². The van der Waals surface area contributed by atoms with Gasteiger partial charge in [0, 0.05) is 46.3 Å². The van der Waals surface area contributed by atoms with Crippen LogP contribution in [0.2, 0.25) is 0 Å². The first-order valence-corrected chi connectivity index (χ1v) is 15.8. The fourth-order valence-electron chi connectivity index (χ4n) is 5.31. The van der Waals surface area contributed by atoms with Gasteiger partial charge in [0.15, 0.2) is 5.72 Å². The van der Waals surface area contributed by atoms with Crippen LogP contribution in [0, 0.1) is 11.8 Å². The van der Waals surface area contributed by atoms with Gasteiger partial charge in [-0.15, -0.1) is 0 Å². The summed E-state index contributed by atoms with van der Waals surface area (Å²) in [5, 5.41) is 5.62. The number of amides is 5. The fraction of sp³-hybridized carbons (Fsp3) is 0.750. The maximum Gasteiger partial charge on any atom is 0.310 e. The van der Waals surface area contributed by atoms with Crippen molar-refractivity contribution in [1.29, 1.82) is 0 Å². The summed E-state index contributed by atoms with van der Waals surface area (Å²) in [4.78, 5) is 79.6. The Labute approximate surface area is 268 Å². The average molecular weight is 638 g/mol. The van der Waals surface area contributed by atoms with Crippen molar-refractivity contribution < 1.29 is 38.2 Å². The number of likely N-dealkylation sites (N-methyl/N-ethyl adjacent to an activating group) is 2. The first-order valence-electron chi connectivity index (χ1n) is 15.8. The molecule has 0 spiro atoms. The third kappa shape index (κ3) is 12.2. The van der Waals surface area contributed by atoms with Gasteiger partial charge in [-0.3, -0.25) is 39.0 Å². The smallest absolute Gasteiger partial charge is 0.310 e. The molecule has 5 amide bonds. The number of unbranched alkanes of at least 4 members (excludes halogenated alkanes) is 2. The average Bonchev–Trinajstić information content (AvgIpc) is 3.30. The van der Waals surface area contributed by atoms with Gasteiger partial charge < -0.3 is 24.6 Å². The number of imide groups is 1. The van der Waals surface area contributed by atoms with Gasteiger partial charge >= 0.3 is 5.97 Å². The normalized spacial score (nSPS) is 15.9. The molecule has 2 N–H and O–H groups in total. The Morgan fingerprint density at radius 1 is 0.956 bits per heavy atom. The van der Waals surface area contributed by atoms with Gasteiger partial charge in [-0.1, -0.05) is 40.5 Å². The molecule has 1 unspecified atom stereocenters. The maximum atomic E-state index is 13.3. The molecule has 45 heavy (non-hydrogen) atoms. The van der Waals surface area contributed by atoms with E-state index in [1.54, 1.807) is 35.0 Å². The number of nitrogens with one attached hydrogen (secondary N) is 2. The Hall–Kier alpha value is -3.32. The number of nitrogens with zero attached hydrogens (tertiary/aromatic N) is 3. The van der Waals surface area contributed by atoms with Crippen molar-refractivity contribution in [1.82, 2.24) is 25.3 Å². The molecule has 0 aromatic carbocycles. The molecular weight excluding hydrogens is 582 g/mol. The van der Waals surface area contributed by atoms with Crippen LogP contribution in [0.4, 0.5) is 0 Å². The third-order valence-electron chi connectivity index (χ3n) is 8.39. The predicted octanol–water partition coefficient (Wildman–Crippen LogP) is 1.85. The second-order valence-electron chi connectivity index (χ2n) is 12.5. The zero-order valence-electron chi connectivity index (χ0n) is 28.8. The van der Waals surface area contributed by atoms with E-state index in [0.717, 1.165) is 6.42 Å². The molecule has 0 fully saturated rings. The monoisotopic (exact) mass is 637 g/mol. The molecule has 13 nitrogen and oxygen atoms in total. The number of hydrogen-bond acceptors (Lipinski definition) is 9. The molecule has 13 heteroatoms. The van der Waals surface area contributed by atoms with Crippen molar-refractivity contribution in [2.24, 2.45) is 11.8 Å². The van der Waals surface area contributed by atoms with Crippen molar-refractivity contribution in [3.05, 3.63) is 12.2 Å². The molecule has 4 atom stereocenters. The molecule has 0 saturated carbocycles. The number of rotatable bonds is 20. The molecule has 0 saturated heterocycles. The van der Waals surface area contributed by atoms with E-state index in [-0.39, 0.29) is 54.9 Å². The minimum Gasteiger partial charge on any atom is -0.444 e. The van der Waals surface area contributed by atoms with Crippen molar-refractivity contribution in [3.63, 3.8) is 0 Å². The number of methoxy groups -OCH3 is 1. The van der Waals surface area contributed by atoms with Crippen molar-refractivity contribution in [2.75, 3.05) is 41.3 Å². The van der Waals surface area contributed by atoms with E-state index in [4.69, 9.17) is 9.47 Å². The van der Waals surface area contributed by atoms with E-state index in [9.17, 15) is 28.8 Å². The Bertz CT molecular complexity index is 1060. The van der Waals surface area contributed by atoms with Gasteiger partial charge in [0.25, 0.3) is 11.8 Å². The quantitative estimate of drug-likeness (QED) is 0.0881. The summed E-state index contributed by atoms with van der Waals surface area (Å²) < 4.78 is 11.2. The highest BCUT2D eigenvalue weighted by Gasteiger charge is 2.36. The van der Waals surface area contributed by atoms with Gasteiger partial charge in [0.1, 0.15) is 6.04 Å². The van der Waals surface area contributed by atoms with Crippen LogP contribution in [-0.2, 0) is 38.2 Å². The Morgan fingerprint density at radius 3 is 2.07 bits per heavy atom. The van der Waals surface area contributed by atoms with Crippen LogP contribution in [0.1, 0.15) is 80.1 Å². The lowest BCUT2D eigenvalue weighted by molar-refractivity contribution is -0.164. The molecule has 256 valence electrons. The van der Waals surface area contributed by atoms with Crippen LogP contribution < -0.4 is 10.6 Å². The highest BCUT2D eigenvalue weighted by molar-refractivity contribution is 6.12. The minimum atomic E-state index is -0.858. The number of hydrogen-bond donors (Lipinski definition) is 2. The van der Waals surface area contributed by atoms with Crippen molar-refractivity contribution in [3.8, 4) is 0 Å². The van der Waals surface area contributed by atoms with Crippen LogP contribution in [0.15, 0.2) is 12.2 Å². The van der Waals surface area contributed by atoms with E-state index >= 15 is 0 Å². The molecule has 1 heterocycles. The predicted molar refractivity (Wildman–Crippen MR) is 169 cm³/mol. The number of ether oxygens (including phenoxy) is 2. The Morgan fingerprint density at radius 2 is 1.56 bits per heavy atom. The second kappa shape index (κ2) is 18.6. The lowest BCUT2D eigenvalue weighted by Gasteiger charge is -2.38. The summed E-state index contributed by atoms with van der Waals surface area (Å²) in [5.74, 6) is -2.37. The summed E-state index contributed by atoms with van der Waals surface area (Å²) in [6.07, 6.45) is 4.49. The maximum absolute atomic E-state index is 13.3. The first kappa shape index (κ1) is 39.7. The Balaban J connectivity index is 2.77. The zero-order valence-corrected chi connectivity index (χ0v) is 28.8. The van der Waals surface area contributed by atoms with Crippen LogP contribution >= 0.6 is 0 Å². The molecule has 0 radical (unpaired) electrons. The van der Waals surface area contributed by atoms with Crippen molar-refractivity contribution >= 4 is 35.5 Å². The van der Waals surface area contributed by atoms with Crippen LogP contribution in [0.25, 0.3) is 0 Å². The van der Waals surface area contributed by atoms with E-state index in [2.05, 4.69) is 10.6 Å². The largest absolute Gasteiger partial charge is 0.444 e. The zero-order chi connectivity index (χ0) is 34.5. The molecule has 1 rings (SSSR count). The van der Waals surface area contributed by atoms with Crippen LogP contribution in [-0.4, -0.2) is 115 Å². The van der Waals surface area contributed by atoms with Gasteiger partial charge in [-0.05, 0) is 45.6 Å². The molecule has 1 aliphatic heterocycles. The Kier molecular flexibility index (Phi) is 16.4. The standard InChI is InChI=1S/C32H55N5O8/c1-11-22(4)30(23(44-10)19-28(42)45-32(5,6)33-7)36(9)27(41)20-34-31(43)29(21(2)3)35(8)24(38)15-13-12-14-18-37-25(39)16-17-26(37)40/h16-17,21-23,29-30,33H,11-15,18-20H2,1-10H3,(H,34,43)/t22-,23+,29?,30-/m0/s1. The molecule has 0 bridgehead atoms. The fourth-order valence-corrected chi connectivity index (χ4v) is 5.31. The summed E-state index contributed by atoms with van der Waals surface area (Å²) in [5.41, 5.74) is -0.858. The summed E-state index contributed by atoms with van der Waals surface area (Å²) in [7, 11) is 6.38. The van der Waals surface area contributed by atoms with Gasteiger partial charge in [-0.25, -0.2) is 0 Å². The SMILES string of the molecule is CC[C@H](C)[C@@H]([C@@H](CC(=O)OC(C)(C)NC)OC)N(C)C(=O)CNC(=O)C(C(C)C)N(C)C(=O)CCCCCN1C(=O)C=CC1=O. The lowest BCUT2D eigenvalue weighted by Crippen LogP contribution is -2.55. The molecule has 0 aromatic rings. The summed E-state index contributed by atoms with van der Waals surface area (Å²) in [6, 6.07) is -1.25. The summed E-state index contributed by atoms with van der Waals surface area (Å²) in [6.45, 7) is 11.1. The highest BCUT2D eigenvalue weighted by atomic mass is 16.6. The molecule has 1 aliphatic rings. The van der Waals surface area contributed by atoms with E-state index in [1.807, 2.05) is 27.7 Å². The third-order valence-corrected chi connectivity index (χ3v) is 8.39. The van der Waals surface area contributed by atoms with Gasteiger partial charge in [-0.2, -0.15) is 0 Å². The van der Waals surface area contributed by atoms with Gasteiger partial charge in [0.05, 0.1) is 25.1 Å². The van der Waals surface area contributed by atoms with Crippen molar-refractivity contribution in [2.45, 2.75) is 104 Å². The lowest BCUT2D eigenvalue weighted by atomic mass is 9.91. The van der Waals surface area contributed by atoms with E-state index in [0.29, 0.717) is 25.8 Å². The molecular formula is C32H55N5O8. The number of carbonyl (C=O) groups excluding carboxylic acids is 6. The second-order valence-corrected chi connectivity index (χ2v) is 12.5. The van der Waals surface area contributed by atoms with Crippen LogP contribution in [0.3, 0.4) is 0 Å². The van der Waals surface area contributed by atoms with Gasteiger partial charge in [0.2, 0.25) is 17.7 Å². The molecule has 0 aromatic heterocycles. The minimum absolute atomic E-state index is 0.0233. The highest BCUT2D eigenvalue weighted by Crippen LogP contribution is 2.23. The number of carbonyl (C=O) groups is 6. The van der Waals surface area contributed by atoms with E-state index < -0.39 is 35.8 Å². The first-order chi connectivity index (χ1) is 21.0. The number of esters is 1. The topological polar surface area (TPSA) is 155 Å². The molecule has 0 aliphatic carbocycles. The summed E-state index contributed by atoms with van der Waals surface area (Å²) >= 11 is 0.